The zero-order valence-corrected chi connectivity index (χ0v) is 22.3. The van der Waals surface area contributed by atoms with E-state index in [-0.39, 0.29) is 0 Å². The van der Waals surface area contributed by atoms with Gasteiger partial charge in [-0.3, -0.25) is 0 Å². The molecule has 240 valence electrons. The summed E-state index contributed by atoms with van der Waals surface area (Å²) in [5, 5.41) is 108. The summed E-state index contributed by atoms with van der Waals surface area (Å²) in [7, 11) is 0. The SMILES string of the molecule is O=C(O[C@H]1[C@H](OC(=O)c2cc(O)c(O)c(O)c2)[C@@H](OC(=O)c2cc(O)c(O)c(O)c2)C(O)O[C@@H]1CO)c1cc(O)c(O)c(O)c1. The van der Waals surface area contributed by atoms with E-state index in [0.717, 1.165) is 0 Å². The molecule has 11 N–H and O–H groups in total. The van der Waals surface area contributed by atoms with Crippen molar-refractivity contribution in [2.24, 2.45) is 0 Å². The lowest BCUT2D eigenvalue weighted by molar-refractivity contribution is -0.284. The lowest BCUT2D eigenvalue weighted by atomic mass is 9.97. The number of aromatic hydroxyl groups is 9. The molecule has 0 spiro atoms. The predicted octanol–water partition coefficient (Wildman–Crippen LogP) is -0.277. The maximum Gasteiger partial charge on any atom is 0.339 e. The molecule has 1 heterocycles. The number of hydrogen-bond acceptors (Lipinski definition) is 18. The molecule has 0 radical (unpaired) electrons. The third kappa shape index (κ3) is 6.42. The van der Waals surface area contributed by atoms with Gasteiger partial charge in [-0.1, -0.05) is 0 Å². The second-order valence-corrected chi connectivity index (χ2v) is 9.45. The number of aliphatic hydroxyl groups excluding tert-OH is 2. The first kappa shape index (κ1) is 32.1. The minimum absolute atomic E-state index is 0.590. The van der Waals surface area contributed by atoms with E-state index in [2.05, 4.69) is 0 Å². The molecule has 1 unspecified atom stereocenters. The topological polar surface area (TPSA) is 311 Å². The lowest BCUT2D eigenvalue weighted by Gasteiger charge is -2.42. The van der Waals surface area contributed by atoms with E-state index in [1.807, 2.05) is 0 Å². The second-order valence-electron chi connectivity index (χ2n) is 9.45. The quantitative estimate of drug-likeness (QED) is 0.0902. The van der Waals surface area contributed by atoms with Crippen LogP contribution in [0.25, 0.3) is 0 Å². The first-order chi connectivity index (χ1) is 21.1. The Hall–Kier alpha value is -5.85. The molecule has 18 nitrogen and oxygen atoms in total. The van der Waals surface area contributed by atoms with Crippen molar-refractivity contribution in [2.75, 3.05) is 6.61 Å². The molecule has 1 aliphatic rings. The number of esters is 3. The zero-order valence-electron chi connectivity index (χ0n) is 22.3. The van der Waals surface area contributed by atoms with Crippen molar-refractivity contribution in [3.8, 4) is 51.7 Å². The molecule has 3 aromatic rings. The lowest BCUT2D eigenvalue weighted by Crippen LogP contribution is -2.62. The summed E-state index contributed by atoms with van der Waals surface area (Å²) < 4.78 is 21.1. The van der Waals surface area contributed by atoms with Crippen molar-refractivity contribution >= 4 is 17.9 Å². The molecule has 5 atom stereocenters. The van der Waals surface area contributed by atoms with Gasteiger partial charge in [0.2, 0.25) is 0 Å². The Kier molecular flexibility index (Phi) is 8.84. The Labute approximate surface area is 249 Å². The third-order valence-corrected chi connectivity index (χ3v) is 6.43. The minimum atomic E-state index is -2.23. The summed E-state index contributed by atoms with van der Waals surface area (Å²) in [6, 6.07) is 3.98. The van der Waals surface area contributed by atoms with Crippen molar-refractivity contribution in [3.05, 3.63) is 53.1 Å². The molecular formula is C27H24O18. The van der Waals surface area contributed by atoms with Crippen molar-refractivity contribution in [3.63, 3.8) is 0 Å². The Morgan fingerprint density at radius 2 is 0.822 bits per heavy atom. The average molecular weight is 636 g/mol. The largest absolute Gasteiger partial charge is 0.504 e. The van der Waals surface area contributed by atoms with E-state index in [0.29, 0.717) is 36.4 Å². The molecule has 0 aromatic heterocycles. The van der Waals surface area contributed by atoms with E-state index in [1.54, 1.807) is 0 Å². The van der Waals surface area contributed by atoms with Gasteiger partial charge in [-0.15, -0.1) is 0 Å². The van der Waals surface area contributed by atoms with Gasteiger partial charge in [-0.05, 0) is 36.4 Å². The van der Waals surface area contributed by atoms with Crippen LogP contribution in [0.3, 0.4) is 0 Å². The van der Waals surface area contributed by atoms with Gasteiger partial charge >= 0.3 is 17.9 Å². The number of carbonyl (C=O) groups excluding carboxylic acids is 3. The minimum Gasteiger partial charge on any atom is -0.504 e. The van der Waals surface area contributed by atoms with Gasteiger partial charge in [0.15, 0.2) is 76.3 Å². The fourth-order valence-electron chi connectivity index (χ4n) is 4.19. The van der Waals surface area contributed by atoms with Crippen LogP contribution in [-0.4, -0.2) is 111 Å². The standard InChI is InChI=1S/C27H24O18/c28-7-17-21(43-24(38)8-1-11(29)18(35)12(30)2-8)22(44-25(39)9-3-13(31)19(36)14(32)4-9)23(27(41)42-17)45-26(40)10-5-15(33)20(37)16(34)6-10/h1-6,17,21-23,27-37,41H,7H2/t17-,21-,22+,23-,27?/m1/s1. The van der Waals surface area contributed by atoms with Crippen molar-refractivity contribution in [1.29, 1.82) is 0 Å². The number of aliphatic hydroxyl groups is 2. The van der Waals surface area contributed by atoms with Crippen molar-refractivity contribution in [2.45, 2.75) is 30.7 Å². The van der Waals surface area contributed by atoms with Crippen LogP contribution in [0, 0.1) is 0 Å². The summed E-state index contributed by atoms with van der Waals surface area (Å²) in [4.78, 5) is 39.1. The Balaban J connectivity index is 1.75. The van der Waals surface area contributed by atoms with Gasteiger partial charge < -0.3 is 75.1 Å². The molecule has 0 bridgehead atoms. The predicted molar refractivity (Wildman–Crippen MR) is 140 cm³/mol. The maximum atomic E-state index is 13.1. The summed E-state index contributed by atoms with van der Waals surface area (Å²) in [6.45, 7) is -1.03. The van der Waals surface area contributed by atoms with Gasteiger partial charge in [-0.2, -0.15) is 0 Å². The van der Waals surface area contributed by atoms with Crippen LogP contribution in [0.1, 0.15) is 31.1 Å². The van der Waals surface area contributed by atoms with Gasteiger partial charge in [0, 0.05) is 0 Å². The molecule has 1 fully saturated rings. The monoisotopic (exact) mass is 636 g/mol. The van der Waals surface area contributed by atoms with E-state index >= 15 is 0 Å². The van der Waals surface area contributed by atoms with Crippen LogP contribution in [-0.2, 0) is 18.9 Å². The van der Waals surface area contributed by atoms with E-state index in [4.69, 9.17) is 18.9 Å². The number of carbonyl (C=O) groups is 3. The Bertz CT molecular complexity index is 1580. The fraction of sp³-hybridized carbons (Fsp3) is 0.222. The molecule has 1 aliphatic heterocycles. The highest BCUT2D eigenvalue weighted by Crippen LogP contribution is 2.39. The van der Waals surface area contributed by atoms with Crippen LogP contribution >= 0.6 is 0 Å². The van der Waals surface area contributed by atoms with E-state index in [1.165, 1.54) is 0 Å². The van der Waals surface area contributed by atoms with Gasteiger partial charge in [0.05, 0.1) is 23.3 Å². The number of benzene rings is 3. The zero-order chi connectivity index (χ0) is 33.3. The maximum absolute atomic E-state index is 13.1. The molecule has 1 saturated heterocycles. The first-order valence-electron chi connectivity index (χ1n) is 12.4. The normalized spacial score (nSPS) is 21.1. The average Bonchev–Trinajstić information content (AvgIpc) is 2.99. The van der Waals surface area contributed by atoms with Gasteiger partial charge in [-0.25, -0.2) is 14.4 Å². The fourth-order valence-corrected chi connectivity index (χ4v) is 4.19. The third-order valence-electron chi connectivity index (χ3n) is 6.43. The molecular weight excluding hydrogens is 612 g/mol. The molecule has 0 saturated carbocycles. The summed E-state index contributed by atoms with van der Waals surface area (Å²) >= 11 is 0. The van der Waals surface area contributed by atoms with Crippen molar-refractivity contribution in [1.82, 2.24) is 0 Å². The first-order valence-corrected chi connectivity index (χ1v) is 12.4. The number of phenolic OH excluding ortho intramolecular Hbond substituents is 9. The molecule has 18 heteroatoms. The van der Waals surface area contributed by atoms with E-state index < -0.39 is 124 Å². The van der Waals surface area contributed by atoms with Crippen LogP contribution in [0.5, 0.6) is 51.7 Å². The number of hydrogen-bond donors (Lipinski definition) is 11. The van der Waals surface area contributed by atoms with Crippen molar-refractivity contribution < 1.29 is 89.5 Å². The highest BCUT2D eigenvalue weighted by atomic mass is 16.7. The summed E-state index contributed by atoms with van der Waals surface area (Å²) in [5.74, 6) is -13.0. The number of phenols is 9. The molecule has 0 amide bonds. The van der Waals surface area contributed by atoms with Gasteiger partial charge in [0.1, 0.15) is 6.10 Å². The van der Waals surface area contributed by atoms with Crippen LogP contribution in [0.2, 0.25) is 0 Å². The van der Waals surface area contributed by atoms with Crippen LogP contribution < -0.4 is 0 Å². The summed E-state index contributed by atoms with van der Waals surface area (Å²) in [6.07, 6.45) is -10.2. The molecule has 45 heavy (non-hydrogen) atoms. The highest BCUT2D eigenvalue weighted by Gasteiger charge is 2.52. The van der Waals surface area contributed by atoms with E-state index in [9.17, 15) is 70.6 Å². The van der Waals surface area contributed by atoms with Crippen LogP contribution in [0.4, 0.5) is 0 Å². The molecule has 3 aromatic carbocycles. The smallest absolute Gasteiger partial charge is 0.339 e. The Morgan fingerprint density at radius 1 is 0.533 bits per heavy atom. The molecule has 0 aliphatic carbocycles. The summed E-state index contributed by atoms with van der Waals surface area (Å²) in [5.41, 5.74) is -1.82. The van der Waals surface area contributed by atoms with Gasteiger partial charge in [0.25, 0.3) is 0 Å². The van der Waals surface area contributed by atoms with Crippen LogP contribution in [0.15, 0.2) is 36.4 Å². The second kappa shape index (κ2) is 12.4. The Morgan fingerprint density at radius 3 is 1.13 bits per heavy atom. The number of ether oxygens (including phenoxy) is 4. The molecule has 4 rings (SSSR count). The number of rotatable bonds is 7. The highest BCUT2D eigenvalue weighted by molar-refractivity contribution is 5.93.